The van der Waals surface area contributed by atoms with Crippen molar-refractivity contribution in [2.75, 3.05) is 5.32 Å². The summed E-state index contributed by atoms with van der Waals surface area (Å²) in [6.45, 7) is 6.03. The molecule has 0 atom stereocenters. The molecule has 0 aliphatic heterocycles. The van der Waals surface area contributed by atoms with E-state index in [1.54, 1.807) is 0 Å². The average Bonchev–Trinajstić information content (AvgIpc) is 2.38. The molecule has 0 unspecified atom stereocenters. The summed E-state index contributed by atoms with van der Waals surface area (Å²) < 4.78 is 0. The van der Waals surface area contributed by atoms with Crippen LogP contribution in [0.2, 0.25) is 0 Å². The van der Waals surface area contributed by atoms with Gasteiger partial charge in [0.1, 0.15) is 4.99 Å². The molecule has 2 aromatic rings. The minimum Gasteiger partial charge on any atom is -0.389 e. The molecule has 2 rings (SSSR count). The molecular formula is C16H19N3S. The summed E-state index contributed by atoms with van der Waals surface area (Å²) in [5, 5.41) is 3.38. The van der Waals surface area contributed by atoms with Gasteiger partial charge in [-0.25, -0.2) is 0 Å². The number of nitrogens with zero attached hydrogens (tertiary/aromatic N) is 1. The molecule has 1 heterocycles. The number of thiocarbonyl (C=S) groups is 1. The fourth-order valence-electron chi connectivity index (χ4n) is 2.22. The monoisotopic (exact) mass is 285 g/mol. The Morgan fingerprint density at radius 1 is 1.25 bits per heavy atom. The first kappa shape index (κ1) is 14.5. The third-order valence-corrected chi connectivity index (χ3v) is 3.42. The summed E-state index contributed by atoms with van der Waals surface area (Å²) in [5.41, 5.74) is 11.7. The van der Waals surface area contributed by atoms with Crippen LogP contribution in [0.25, 0.3) is 0 Å². The molecular weight excluding hydrogens is 266 g/mol. The maximum atomic E-state index is 5.82. The van der Waals surface area contributed by atoms with E-state index in [1.165, 1.54) is 5.56 Å². The van der Waals surface area contributed by atoms with E-state index in [9.17, 15) is 0 Å². The van der Waals surface area contributed by atoms with Crippen LogP contribution in [-0.2, 0) is 6.42 Å². The summed E-state index contributed by atoms with van der Waals surface area (Å²) in [4.78, 5) is 4.78. The van der Waals surface area contributed by atoms with Crippen molar-refractivity contribution < 1.29 is 0 Å². The van der Waals surface area contributed by atoms with Gasteiger partial charge in [-0.05, 0) is 44.0 Å². The van der Waals surface area contributed by atoms with Gasteiger partial charge in [0.05, 0.1) is 11.3 Å². The van der Waals surface area contributed by atoms with Crippen LogP contribution in [0, 0.1) is 13.8 Å². The number of pyridine rings is 1. The quantitative estimate of drug-likeness (QED) is 0.842. The number of hydrogen-bond donors (Lipinski definition) is 2. The van der Waals surface area contributed by atoms with Gasteiger partial charge < -0.3 is 11.1 Å². The van der Waals surface area contributed by atoms with Crippen molar-refractivity contribution in [3.8, 4) is 0 Å². The molecule has 1 aromatic carbocycles. The van der Waals surface area contributed by atoms with Gasteiger partial charge in [0, 0.05) is 17.1 Å². The number of anilines is 2. The highest BCUT2D eigenvalue weighted by Crippen LogP contribution is 2.24. The van der Waals surface area contributed by atoms with Crippen molar-refractivity contribution in [2.24, 2.45) is 5.73 Å². The number of rotatable bonds is 4. The van der Waals surface area contributed by atoms with E-state index in [-0.39, 0.29) is 0 Å². The first-order chi connectivity index (χ1) is 9.51. The Balaban J connectivity index is 2.39. The standard InChI is InChI=1S/C16H19N3S/c1-4-12-5-7-13(8-6-12)19-14-9-10(2)18-11(3)15(14)16(17)20/h5-9H,4H2,1-3H3,(H2,17,20)(H,18,19). The normalized spacial score (nSPS) is 10.3. The molecule has 0 bridgehead atoms. The molecule has 0 fully saturated rings. The van der Waals surface area contributed by atoms with Crippen LogP contribution in [-0.4, -0.2) is 9.97 Å². The van der Waals surface area contributed by atoms with Gasteiger partial charge in [0.25, 0.3) is 0 Å². The van der Waals surface area contributed by atoms with Gasteiger partial charge in [0.2, 0.25) is 0 Å². The lowest BCUT2D eigenvalue weighted by Gasteiger charge is -2.14. The maximum Gasteiger partial charge on any atom is 0.107 e. The summed E-state index contributed by atoms with van der Waals surface area (Å²) in [6, 6.07) is 10.3. The SMILES string of the molecule is CCc1ccc(Nc2cc(C)nc(C)c2C(N)=S)cc1. The van der Waals surface area contributed by atoms with Crippen LogP contribution in [0.4, 0.5) is 11.4 Å². The first-order valence-electron chi connectivity index (χ1n) is 6.65. The summed E-state index contributed by atoms with van der Waals surface area (Å²) in [7, 11) is 0. The lowest BCUT2D eigenvalue weighted by molar-refractivity contribution is 1.11. The fourth-order valence-corrected chi connectivity index (χ4v) is 2.48. The number of aryl methyl sites for hydroxylation is 3. The minimum atomic E-state index is 0.364. The first-order valence-corrected chi connectivity index (χ1v) is 7.06. The van der Waals surface area contributed by atoms with E-state index in [2.05, 4.69) is 41.5 Å². The van der Waals surface area contributed by atoms with E-state index in [1.807, 2.05) is 19.9 Å². The van der Waals surface area contributed by atoms with Crippen molar-refractivity contribution >= 4 is 28.6 Å². The van der Waals surface area contributed by atoms with Gasteiger partial charge in [-0.2, -0.15) is 0 Å². The Labute approximate surface area is 125 Å². The van der Waals surface area contributed by atoms with Crippen molar-refractivity contribution in [3.05, 3.63) is 52.8 Å². The number of nitrogens with one attached hydrogen (secondary N) is 1. The van der Waals surface area contributed by atoms with E-state index < -0.39 is 0 Å². The smallest absolute Gasteiger partial charge is 0.107 e. The summed E-state index contributed by atoms with van der Waals surface area (Å²) >= 11 is 5.13. The Bertz CT molecular complexity index is 633. The van der Waals surface area contributed by atoms with Crippen LogP contribution < -0.4 is 11.1 Å². The molecule has 1 aromatic heterocycles. The predicted octanol–water partition coefficient (Wildman–Crippen LogP) is 3.64. The highest BCUT2D eigenvalue weighted by Gasteiger charge is 2.11. The molecule has 20 heavy (non-hydrogen) atoms. The summed E-state index contributed by atoms with van der Waals surface area (Å²) in [5.74, 6) is 0. The van der Waals surface area contributed by atoms with Crippen molar-refractivity contribution in [2.45, 2.75) is 27.2 Å². The number of aromatic nitrogens is 1. The fraction of sp³-hybridized carbons (Fsp3) is 0.250. The Morgan fingerprint density at radius 2 is 1.90 bits per heavy atom. The van der Waals surface area contributed by atoms with Crippen LogP contribution in [0.15, 0.2) is 30.3 Å². The molecule has 0 aliphatic rings. The topological polar surface area (TPSA) is 50.9 Å². The maximum absolute atomic E-state index is 5.82. The van der Waals surface area contributed by atoms with Crippen LogP contribution in [0.1, 0.15) is 29.4 Å². The molecule has 0 saturated heterocycles. The number of nitrogens with two attached hydrogens (primary N) is 1. The second-order valence-electron chi connectivity index (χ2n) is 4.81. The average molecular weight is 285 g/mol. The Morgan fingerprint density at radius 3 is 2.45 bits per heavy atom. The third kappa shape index (κ3) is 3.14. The third-order valence-electron chi connectivity index (χ3n) is 3.22. The second kappa shape index (κ2) is 6.01. The minimum absolute atomic E-state index is 0.364. The molecule has 0 radical (unpaired) electrons. The lowest BCUT2D eigenvalue weighted by atomic mass is 10.1. The molecule has 3 nitrogen and oxygen atoms in total. The number of hydrogen-bond acceptors (Lipinski definition) is 3. The van der Waals surface area contributed by atoms with Gasteiger partial charge in [0.15, 0.2) is 0 Å². The molecule has 0 spiro atoms. The zero-order valence-electron chi connectivity index (χ0n) is 12.0. The van der Waals surface area contributed by atoms with E-state index in [0.717, 1.165) is 34.7 Å². The van der Waals surface area contributed by atoms with Gasteiger partial charge in [-0.3, -0.25) is 4.98 Å². The van der Waals surface area contributed by atoms with Crippen molar-refractivity contribution in [1.82, 2.24) is 4.98 Å². The Kier molecular flexibility index (Phi) is 4.35. The highest BCUT2D eigenvalue weighted by molar-refractivity contribution is 7.80. The lowest BCUT2D eigenvalue weighted by Crippen LogP contribution is -2.15. The van der Waals surface area contributed by atoms with Crippen molar-refractivity contribution in [1.29, 1.82) is 0 Å². The van der Waals surface area contributed by atoms with Gasteiger partial charge >= 0.3 is 0 Å². The molecule has 0 aliphatic carbocycles. The zero-order valence-corrected chi connectivity index (χ0v) is 12.8. The highest BCUT2D eigenvalue weighted by atomic mass is 32.1. The molecule has 104 valence electrons. The van der Waals surface area contributed by atoms with Crippen molar-refractivity contribution in [3.63, 3.8) is 0 Å². The van der Waals surface area contributed by atoms with Gasteiger partial charge in [-0.1, -0.05) is 31.3 Å². The number of benzene rings is 1. The zero-order chi connectivity index (χ0) is 14.7. The molecule has 0 saturated carbocycles. The molecule has 0 amide bonds. The Hall–Kier alpha value is -1.94. The van der Waals surface area contributed by atoms with E-state index >= 15 is 0 Å². The van der Waals surface area contributed by atoms with Crippen LogP contribution >= 0.6 is 12.2 Å². The van der Waals surface area contributed by atoms with Crippen LogP contribution in [0.3, 0.4) is 0 Å². The van der Waals surface area contributed by atoms with Crippen LogP contribution in [0.5, 0.6) is 0 Å². The predicted molar refractivity (Wildman–Crippen MR) is 88.7 cm³/mol. The molecule has 4 heteroatoms. The summed E-state index contributed by atoms with van der Waals surface area (Å²) in [6.07, 6.45) is 1.03. The van der Waals surface area contributed by atoms with Gasteiger partial charge in [-0.15, -0.1) is 0 Å². The second-order valence-corrected chi connectivity index (χ2v) is 5.25. The van der Waals surface area contributed by atoms with E-state index in [4.69, 9.17) is 18.0 Å². The largest absolute Gasteiger partial charge is 0.389 e. The molecule has 3 N–H and O–H groups in total. The van der Waals surface area contributed by atoms with E-state index in [0.29, 0.717) is 4.99 Å².